The summed E-state index contributed by atoms with van der Waals surface area (Å²) in [5, 5.41) is 2.91. The first-order valence-electron chi connectivity index (χ1n) is 8.53. The quantitative estimate of drug-likeness (QED) is 0.672. The average Bonchev–Trinajstić information content (AvgIpc) is 2.64. The molecule has 0 spiro atoms. The number of anilines is 1. The van der Waals surface area contributed by atoms with Gasteiger partial charge in [-0.05, 0) is 78.3 Å². The molecule has 1 fully saturated rings. The zero-order valence-electron chi connectivity index (χ0n) is 14.5. The van der Waals surface area contributed by atoms with Gasteiger partial charge in [0, 0.05) is 15.8 Å². The van der Waals surface area contributed by atoms with Gasteiger partial charge < -0.3 is 5.32 Å². The summed E-state index contributed by atoms with van der Waals surface area (Å²) < 4.78 is 28.5. The first-order chi connectivity index (χ1) is 12.4. The molecule has 1 heterocycles. The van der Waals surface area contributed by atoms with Crippen LogP contribution in [0.4, 0.5) is 5.69 Å². The predicted molar refractivity (Wildman–Crippen MR) is 110 cm³/mol. The summed E-state index contributed by atoms with van der Waals surface area (Å²) in [4.78, 5) is 13.1. The molecular weight excluding hydrogens is 463 g/mol. The molecule has 1 saturated heterocycles. The third kappa shape index (κ3) is 4.10. The number of benzene rings is 2. The SMILES string of the molecule is Cc1cc(I)ccc1NC(=O)C1CCCCN1S(=O)(=O)c1ccccc1. The van der Waals surface area contributed by atoms with Crippen LogP contribution in [-0.2, 0) is 14.8 Å². The van der Waals surface area contributed by atoms with Crippen molar-refractivity contribution in [1.82, 2.24) is 4.31 Å². The summed E-state index contributed by atoms with van der Waals surface area (Å²) in [7, 11) is -3.69. The number of halogens is 1. The van der Waals surface area contributed by atoms with E-state index in [0.29, 0.717) is 13.0 Å². The number of piperidine rings is 1. The molecule has 3 rings (SSSR count). The number of hydrogen-bond acceptors (Lipinski definition) is 3. The lowest BCUT2D eigenvalue weighted by molar-refractivity contribution is -0.120. The topological polar surface area (TPSA) is 66.5 Å². The maximum Gasteiger partial charge on any atom is 0.243 e. The van der Waals surface area contributed by atoms with Crippen molar-refractivity contribution in [3.8, 4) is 0 Å². The summed E-state index contributed by atoms with van der Waals surface area (Å²) >= 11 is 2.22. The zero-order valence-corrected chi connectivity index (χ0v) is 17.5. The molecule has 0 radical (unpaired) electrons. The van der Waals surface area contributed by atoms with Crippen molar-refractivity contribution in [2.45, 2.75) is 37.1 Å². The third-order valence-corrected chi connectivity index (χ3v) is 7.15. The number of nitrogens with zero attached hydrogens (tertiary/aromatic N) is 1. The Morgan fingerprint density at radius 1 is 1.15 bits per heavy atom. The van der Waals surface area contributed by atoms with E-state index < -0.39 is 16.1 Å². The van der Waals surface area contributed by atoms with Crippen molar-refractivity contribution in [2.24, 2.45) is 0 Å². The van der Waals surface area contributed by atoms with E-state index in [9.17, 15) is 13.2 Å². The number of amides is 1. The Labute approximate surface area is 168 Å². The van der Waals surface area contributed by atoms with Crippen LogP contribution in [0.25, 0.3) is 0 Å². The molecule has 2 aromatic carbocycles. The molecule has 138 valence electrons. The van der Waals surface area contributed by atoms with E-state index >= 15 is 0 Å². The molecular formula is C19H21IN2O3S. The predicted octanol–water partition coefficient (Wildman–Crippen LogP) is 3.78. The van der Waals surface area contributed by atoms with Crippen LogP contribution < -0.4 is 5.32 Å². The minimum atomic E-state index is -3.69. The molecule has 1 aliphatic heterocycles. The number of nitrogens with one attached hydrogen (secondary N) is 1. The molecule has 1 atom stereocenters. The molecule has 7 heteroatoms. The van der Waals surface area contributed by atoms with E-state index in [2.05, 4.69) is 27.9 Å². The Kier molecular flexibility index (Phi) is 5.99. The van der Waals surface area contributed by atoms with Crippen LogP contribution in [0.1, 0.15) is 24.8 Å². The summed E-state index contributed by atoms with van der Waals surface area (Å²) in [5.74, 6) is -0.270. The van der Waals surface area contributed by atoms with Crippen molar-refractivity contribution >= 4 is 44.2 Å². The van der Waals surface area contributed by atoms with Gasteiger partial charge in [-0.2, -0.15) is 4.31 Å². The van der Waals surface area contributed by atoms with Gasteiger partial charge in [0.05, 0.1) is 4.90 Å². The van der Waals surface area contributed by atoms with Gasteiger partial charge in [0.1, 0.15) is 6.04 Å². The molecule has 1 N–H and O–H groups in total. The first-order valence-corrected chi connectivity index (χ1v) is 11.1. The van der Waals surface area contributed by atoms with Gasteiger partial charge in [-0.25, -0.2) is 8.42 Å². The Hall–Kier alpha value is -1.45. The average molecular weight is 484 g/mol. The molecule has 0 bridgehead atoms. The summed E-state index contributed by atoms with van der Waals surface area (Å²) in [6.45, 7) is 2.29. The molecule has 1 amide bonds. The number of carbonyl (C=O) groups is 1. The lowest BCUT2D eigenvalue weighted by Crippen LogP contribution is -2.49. The summed E-state index contributed by atoms with van der Waals surface area (Å²) in [5.41, 5.74) is 1.68. The van der Waals surface area contributed by atoms with Crippen LogP contribution in [0, 0.1) is 10.5 Å². The van der Waals surface area contributed by atoms with E-state index in [-0.39, 0.29) is 10.8 Å². The van der Waals surface area contributed by atoms with E-state index in [4.69, 9.17) is 0 Å². The Morgan fingerprint density at radius 3 is 2.58 bits per heavy atom. The highest BCUT2D eigenvalue weighted by Crippen LogP contribution is 2.27. The monoisotopic (exact) mass is 484 g/mol. The number of aryl methyl sites for hydroxylation is 1. The highest BCUT2D eigenvalue weighted by molar-refractivity contribution is 14.1. The minimum absolute atomic E-state index is 0.227. The van der Waals surface area contributed by atoms with E-state index in [1.165, 1.54) is 4.31 Å². The zero-order chi connectivity index (χ0) is 18.7. The second-order valence-electron chi connectivity index (χ2n) is 6.39. The molecule has 0 aromatic heterocycles. The lowest BCUT2D eigenvalue weighted by Gasteiger charge is -2.33. The summed E-state index contributed by atoms with van der Waals surface area (Å²) in [6.07, 6.45) is 2.13. The Balaban J connectivity index is 1.86. The molecule has 0 aliphatic carbocycles. The fraction of sp³-hybridized carbons (Fsp3) is 0.316. The lowest BCUT2D eigenvalue weighted by atomic mass is 10.0. The van der Waals surface area contributed by atoms with Crippen molar-refractivity contribution in [3.63, 3.8) is 0 Å². The van der Waals surface area contributed by atoms with Gasteiger partial charge in [0.15, 0.2) is 0 Å². The van der Waals surface area contributed by atoms with Crippen LogP contribution in [0.15, 0.2) is 53.4 Å². The van der Waals surface area contributed by atoms with Crippen molar-refractivity contribution < 1.29 is 13.2 Å². The standard InChI is InChI=1S/C19H21IN2O3S/c1-14-13-15(20)10-11-17(14)21-19(23)18-9-5-6-12-22(18)26(24,25)16-7-3-2-4-8-16/h2-4,7-8,10-11,13,18H,5-6,9,12H2,1H3,(H,21,23). The fourth-order valence-electron chi connectivity index (χ4n) is 3.17. The van der Waals surface area contributed by atoms with Gasteiger partial charge in [-0.3, -0.25) is 4.79 Å². The Bertz CT molecular complexity index is 900. The number of hydrogen-bond donors (Lipinski definition) is 1. The van der Waals surface area contributed by atoms with Gasteiger partial charge in [0.25, 0.3) is 0 Å². The first kappa shape index (κ1) is 19.3. The number of rotatable bonds is 4. The van der Waals surface area contributed by atoms with Gasteiger partial charge in [-0.15, -0.1) is 0 Å². The number of carbonyl (C=O) groups excluding carboxylic acids is 1. The Morgan fingerprint density at radius 2 is 1.88 bits per heavy atom. The minimum Gasteiger partial charge on any atom is -0.324 e. The molecule has 2 aromatic rings. The van der Waals surface area contributed by atoms with E-state index in [1.807, 2.05) is 25.1 Å². The van der Waals surface area contributed by atoms with Crippen LogP contribution in [-0.4, -0.2) is 31.2 Å². The highest BCUT2D eigenvalue weighted by Gasteiger charge is 2.37. The third-order valence-electron chi connectivity index (χ3n) is 4.55. The second-order valence-corrected chi connectivity index (χ2v) is 9.53. The fourth-order valence-corrected chi connectivity index (χ4v) is 5.49. The molecule has 1 aliphatic rings. The highest BCUT2D eigenvalue weighted by atomic mass is 127. The second kappa shape index (κ2) is 8.06. The largest absolute Gasteiger partial charge is 0.324 e. The van der Waals surface area contributed by atoms with Gasteiger partial charge in [-0.1, -0.05) is 24.6 Å². The maximum absolute atomic E-state index is 13.0. The van der Waals surface area contributed by atoms with E-state index in [0.717, 1.165) is 27.7 Å². The normalized spacial score (nSPS) is 18.5. The molecule has 0 saturated carbocycles. The van der Waals surface area contributed by atoms with Crippen molar-refractivity contribution in [1.29, 1.82) is 0 Å². The maximum atomic E-state index is 13.0. The molecule has 26 heavy (non-hydrogen) atoms. The van der Waals surface area contributed by atoms with Crippen LogP contribution in [0.5, 0.6) is 0 Å². The van der Waals surface area contributed by atoms with Gasteiger partial charge in [0.2, 0.25) is 15.9 Å². The molecule has 1 unspecified atom stereocenters. The number of sulfonamides is 1. The van der Waals surface area contributed by atoms with Crippen LogP contribution in [0.3, 0.4) is 0 Å². The van der Waals surface area contributed by atoms with Gasteiger partial charge >= 0.3 is 0 Å². The summed E-state index contributed by atoms with van der Waals surface area (Å²) in [6, 6.07) is 13.4. The smallest absolute Gasteiger partial charge is 0.243 e. The van der Waals surface area contributed by atoms with E-state index in [1.54, 1.807) is 30.3 Å². The van der Waals surface area contributed by atoms with Crippen LogP contribution >= 0.6 is 22.6 Å². The van der Waals surface area contributed by atoms with Crippen LogP contribution in [0.2, 0.25) is 0 Å². The van der Waals surface area contributed by atoms with Crippen molar-refractivity contribution in [3.05, 3.63) is 57.7 Å². The van der Waals surface area contributed by atoms with Crippen molar-refractivity contribution in [2.75, 3.05) is 11.9 Å². The molecule has 5 nitrogen and oxygen atoms in total.